The number of halogens is 1. The van der Waals surface area contributed by atoms with Gasteiger partial charge in [-0.25, -0.2) is 18.1 Å². The van der Waals surface area contributed by atoms with Crippen molar-refractivity contribution in [2.45, 2.75) is 18.2 Å². The predicted octanol–water partition coefficient (Wildman–Crippen LogP) is 2.93. The largest absolute Gasteiger partial charge is 0.370 e. The van der Waals surface area contributed by atoms with Gasteiger partial charge in [-0.1, -0.05) is 48.0 Å². The van der Waals surface area contributed by atoms with E-state index in [4.69, 9.17) is 19.4 Å². The molecule has 2 radical (unpaired) electrons. The molecule has 0 aliphatic rings. The van der Waals surface area contributed by atoms with Crippen LogP contribution in [0.25, 0.3) is 16.9 Å². The topological polar surface area (TPSA) is 88.4 Å². The molecule has 0 spiro atoms. The highest BCUT2D eigenvalue weighted by Crippen LogP contribution is 2.28. The fourth-order valence-electron chi connectivity index (χ4n) is 3.36. The Bertz CT molecular complexity index is 1370. The lowest BCUT2D eigenvalue weighted by molar-refractivity contribution is 0.579. The van der Waals surface area contributed by atoms with Crippen molar-refractivity contribution in [2.75, 3.05) is 18.4 Å². The molecule has 0 bridgehead atoms. The van der Waals surface area contributed by atoms with E-state index in [0.29, 0.717) is 51.1 Å². The van der Waals surface area contributed by atoms with E-state index in [2.05, 4.69) is 20.1 Å². The Hall–Kier alpha value is -2.88. The van der Waals surface area contributed by atoms with Crippen LogP contribution >= 0.6 is 11.6 Å². The van der Waals surface area contributed by atoms with E-state index < -0.39 is 10.0 Å². The molecule has 7 nitrogen and oxygen atoms in total. The Morgan fingerprint density at radius 2 is 1.84 bits per heavy atom. The fourth-order valence-corrected chi connectivity index (χ4v) is 4.91. The molecule has 4 rings (SSSR count). The summed E-state index contributed by atoms with van der Waals surface area (Å²) in [5, 5.41) is 8.16. The Morgan fingerprint density at radius 3 is 2.62 bits per heavy atom. The molecule has 0 atom stereocenters. The molecule has 0 amide bonds. The summed E-state index contributed by atoms with van der Waals surface area (Å²) in [7, 11) is 2.49. The smallest absolute Gasteiger partial charge is 0.240 e. The van der Waals surface area contributed by atoms with E-state index >= 15 is 0 Å². The summed E-state index contributed by atoms with van der Waals surface area (Å²) in [6.07, 6.45) is 2.10. The number of benzene rings is 2. The van der Waals surface area contributed by atoms with Gasteiger partial charge in [0.1, 0.15) is 13.7 Å². The molecule has 0 saturated heterocycles. The van der Waals surface area contributed by atoms with Crippen LogP contribution in [0.15, 0.2) is 65.7 Å². The van der Waals surface area contributed by atoms with Gasteiger partial charge in [0.2, 0.25) is 10.0 Å². The monoisotopic (exact) mass is 465 g/mol. The molecule has 0 fully saturated rings. The van der Waals surface area contributed by atoms with Crippen LogP contribution < -0.4 is 15.5 Å². The number of hydrogen-bond donors (Lipinski definition) is 2. The molecule has 0 saturated carbocycles. The van der Waals surface area contributed by atoms with Gasteiger partial charge in [-0.3, -0.25) is 0 Å². The van der Waals surface area contributed by atoms with Crippen LogP contribution in [0.4, 0.5) is 5.82 Å². The zero-order valence-corrected chi connectivity index (χ0v) is 19.0. The molecule has 2 N–H and O–H groups in total. The van der Waals surface area contributed by atoms with Gasteiger partial charge in [-0.05, 0) is 36.5 Å². The zero-order valence-electron chi connectivity index (χ0n) is 17.4. The number of anilines is 1. The van der Waals surface area contributed by atoms with Crippen LogP contribution in [-0.2, 0) is 10.0 Å². The van der Waals surface area contributed by atoms with Gasteiger partial charge in [0.15, 0.2) is 5.65 Å². The molecule has 0 aliphatic heterocycles. The van der Waals surface area contributed by atoms with E-state index in [0.717, 1.165) is 5.56 Å². The minimum Gasteiger partial charge on any atom is -0.370 e. The third-order valence-electron chi connectivity index (χ3n) is 4.98. The minimum atomic E-state index is -3.55. The molecular weight excluding hydrogens is 445 g/mol. The van der Waals surface area contributed by atoms with Crippen LogP contribution in [0.2, 0.25) is 5.02 Å². The van der Waals surface area contributed by atoms with Crippen molar-refractivity contribution < 1.29 is 8.42 Å². The van der Waals surface area contributed by atoms with Gasteiger partial charge >= 0.3 is 0 Å². The van der Waals surface area contributed by atoms with Gasteiger partial charge in [0, 0.05) is 35.9 Å². The summed E-state index contributed by atoms with van der Waals surface area (Å²) in [5.74, 6) is 0.684. The first-order valence-corrected chi connectivity index (χ1v) is 11.9. The van der Waals surface area contributed by atoms with E-state index in [1.165, 1.54) is 0 Å². The Morgan fingerprint density at radius 1 is 1.09 bits per heavy atom. The summed E-state index contributed by atoms with van der Waals surface area (Å²) < 4.78 is 29.3. The van der Waals surface area contributed by atoms with Gasteiger partial charge in [0.05, 0.1) is 10.6 Å². The molecule has 162 valence electrons. The van der Waals surface area contributed by atoms with E-state index in [-0.39, 0.29) is 6.54 Å². The second-order valence-electron chi connectivity index (χ2n) is 7.29. The van der Waals surface area contributed by atoms with Crippen molar-refractivity contribution in [2.24, 2.45) is 0 Å². The molecule has 0 aliphatic carbocycles. The van der Waals surface area contributed by atoms with Crippen LogP contribution in [0.1, 0.15) is 12.0 Å². The summed E-state index contributed by atoms with van der Waals surface area (Å²) in [5.41, 5.74) is 3.13. The molecule has 2 heterocycles. The maximum absolute atomic E-state index is 12.5. The fraction of sp³-hybridized carbons (Fsp3) is 0.182. The van der Waals surface area contributed by atoms with Crippen LogP contribution in [-0.4, -0.2) is 44.0 Å². The highest BCUT2D eigenvalue weighted by molar-refractivity contribution is 7.89. The lowest BCUT2D eigenvalue weighted by Crippen LogP contribution is -2.26. The first kappa shape index (κ1) is 22.3. The van der Waals surface area contributed by atoms with Crippen LogP contribution in [0, 0.1) is 6.92 Å². The Labute approximate surface area is 193 Å². The third kappa shape index (κ3) is 4.65. The van der Waals surface area contributed by atoms with Crippen molar-refractivity contribution in [3.63, 3.8) is 0 Å². The summed E-state index contributed by atoms with van der Waals surface area (Å²) in [4.78, 5) is 4.90. The minimum absolute atomic E-state index is 0.288. The van der Waals surface area contributed by atoms with Gasteiger partial charge < -0.3 is 5.32 Å². The number of sulfonamides is 1. The van der Waals surface area contributed by atoms with E-state index in [9.17, 15) is 8.42 Å². The standard InChI is InChI=1S/C22H21BClN5O2S/c1-15-7-2-5-10-20(15)32(30,31)27-12-6-11-25-21-13-19(16-8-3-4-9-18(16)24)28-22-17(23)14-26-29(21)22/h2-5,7-10,13-14,25,27H,6,11-12H2,1H3. The molecular formula is C22H21BClN5O2S. The normalized spacial score (nSPS) is 11.7. The second-order valence-corrected chi connectivity index (χ2v) is 9.43. The molecule has 32 heavy (non-hydrogen) atoms. The summed E-state index contributed by atoms with van der Waals surface area (Å²) in [6, 6.07) is 16.2. The van der Waals surface area contributed by atoms with Crippen molar-refractivity contribution in [1.29, 1.82) is 0 Å². The Kier molecular flexibility index (Phi) is 6.50. The van der Waals surface area contributed by atoms with Crippen molar-refractivity contribution in [3.8, 4) is 11.3 Å². The number of fused-ring (bicyclic) bond motifs is 1. The number of aryl methyl sites for hydroxylation is 1. The Balaban J connectivity index is 1.47. The number of nitrogens with zero attached hydrogens (tertiary/aromatic N) is 3. The van der Waals surface area contributed by atoms with E-state index in [1.807, 2.05) is 30.3 Å². The van der Waals surface area contributed by atoms with Gasteiger partial charge in [-0.2, -0.15) is 9.61 Å². The predicted molar refractivity (Wildman–Crippen MR) is 128 cm³/mol. The number of hydrogen-bond acceptors (Lipinski definition) is 5. The molecule has 0 unspecified atom stereocenters. The van der Waals surface area contributed by atoms with Crippen LogP contribution in [0.3, 0.4) is 0 Å². The highest BCUT2D eigenvalue weighted by atomic mass is 35.5. The van der Waals surface area contributed by atoms with Gasteiger partial charge in [0.25, 0.3) is 0 Å². The maximum Gasteiger partial charge on any atom is 0.240 e. The SMILES string of the molecule is [B]c1cnn2c(NCCCNS(=O)(=O)c3ccccc3C)cc(-c3ccccc3Cl)nc12. The number of nitrogens with one attached hydrogen (secondary N) is 2. The van der Waals surface area contributed by atoms with Crippen molar-refractivity contribution in [3.05, 3.63) is 71.4 Å². The first-order valence-electron chi connectivity index (χ1n) is 10.0. The third-order valence-corrected chi connectivity index (χ3v) is 6.93. The van der Waals surface area contributed by atoms with Crippen molar-refractivity contribution >= 4 is 46.4 Å². The number of rotatable bonds is 8. The number of aromatic nitrogens is 3. The summed E-state index contributed by atoms with van der Waals surface area (Å²) in [6.45, 7) is 2.57. The molecule has 4 aromatic rings. The van der Waals surface area contributed by atoms with Gasteiger partial charge in [-0.15, -0.1) is 0 Å². The first-order chi connectivity index (χ1) is 15.4. The summed E-state index contributed by atoms with van der Waals surface area (Å²) >= 11 is 6.35. The van der Waals surface area contributed by atoms with Crippen LogP contribution in [0.5, 0.6) is 0 Å². The average molecular weight is 466 g/mol. The lowest BCUT2D eigenvalue weighted by Gasteiger charge is -2.12. The highest BCUT2D eigenvalue weighted by Gasteiger charge is 2.16. The van der Waals surface area contributed by atoms with E-state index in [1.54, 1.807) is 41.9 Å². The molecule has 2 aromatic heterocycles. The molecule has 10 heteroatoms. The quantitative estimate of drug-likeness (QED) is 0.308. The second kappa shape index (κ2) is 9.32. The zero-order chi connectivity index (χ0) is 22.7. The average Bonchev–Trinajstić information content (AvgIpc) is 3.15. The molecule has 2 aromatic carbocycles. The maximum atomic E-state index is 12.5. The lowest BCUT2D eigenvalue weighted by atomic mass is 10.0. The van der Waals surface area contributed by atoms with Crippen molar-refractivity contribution in [1.82, 2.24) is 19.3 Å².